The molecule has 0 spiro atoms. The fourth-order valence-electron chi connectivity index (χ4n) is 4.69. The zero-order chi connectivity index (χ0) is 25.1. The Morgan fingerprint density at radius 1 is 0.944 bits per heavy atom. The van der Waals surface area contributed by atoms with Crippen molar-refractivity contribution in [3.05, 3.63) is 114 Å². The Morgan fingerprint density at radius 3 is 2.42 bits per heavy atom. The molecule has 4 nitrogen and oxygen atoms in total. The number of fused-ring (bicyclic) bond motifs is 1. The summed E-state index contributed by atoms with van der Waals surface area (Å²) >= 11 is 0. The van der Waals surface area contributed by atoms with E-state index in [0.717, 1.165) is 11.1 Å². The summed E-state index contributed by atoms with van der Waals surface area (Å²) in [5.74, 6) is -0.524. The lowest BCUT2D eigenvalue weighted by Gasteiger charge is -2.31. The average molecular weight is 483 g/mol. The lowest BCUT2D eigenvalue weighted by atomic mass is 9.86. The van der Waals surface area contributed by atoms with Crippen LogP contribution in [-0.2, 0) is 11.2 Å². The van der Waals surface area contributed by atoms with Crippen molar-refractivity contribution < 1.29 is 23.8 Å². The van der Waals surface area contributed by atoms with Gasteiger partial charge in [-0.1, -0.05) is 66.7 Å². The zero-order valence-corrected chi connectivity index (χ0v) is 20.0. The van der Waals surface area contributed by atoms with Gasteiger partial charge in [0.05, 0.1) is 24.9 Å². The van der Waals surface area contributed by atoms with Gasteiger partial charge in [0.25, 0.3) is 0 Å². The van der Waals surface area contributed by atoms with Crippen LogP contribution >= 0.6 is 0 Å². The molecule has 0 radical (unpaired) electrons. The number of benzene rings is 4. The smallest absolute Gasteiger partial charge is 0.338 e. The van der Waals surface area contributed by atoms with Crippen LogP contribution in [0.15, 0.2) is 91.0 Å². The molecule has 1 heterocycles. The van der Waals surface area contributed by atoms with E-state index in [9.17, 15) is 14.3 Å². The first-order valence-corrected chi connectivity index (χ1v) is 12.1. The van der Waals surface area contributed by atoms with Crippen LogP contribution in [-0.4, -0.2) is 24.3 Å². The van der Waals surface area contributed by atoms with Gasteiger partial charge in [-0.05, 0) is 65.4 Å². The highest BCUT2D eigenvalue weighted by Gasteiger charge is 2.30. The predicted molar refractivity (Wildman–Crippen MR) is 137 cm³/mol. The number of rotatable bonds is 6. The lowest BCUT2D eigenvalue weighted by Crippen LogP contribution is -2.27. The Labute approximate surface area is 209 Å². The molecular formula is C31H27FO4. The Morgan fingerprint density at radius 2 is 1.67 bits per heavy atom. The quantitative estimate of drug-likeness (QED) is 0.314. The highest BCUT2D eigenvalue weighted by molar-refractivity contribution is 5.97. The standard InChI is InChI=1S/C31H27FO4/c1-2-35-31(34)26-15-13-25(32)18-28(26)23-12-14-27-29(17-23)36-19-24(30(27)33)16-20-8-10-22(11-9-20)21-6-4-3-5-7-21/h3-15,17-18,24,30,33H,2,16,19H2,1H3. The molecule has 2 unspecified atom stereocenters. The molecule has 0 fully saturated rings. The van der Waals surface area contributed by atoms with Crippen LogP contribution in [0.2, 0.25) is 0 Å². The van der Waals surface area contributed by atoms with Crippen LogP contribution in [0.3, 0.4) is 0 Å². The molecule has 0 aliphatic carbocycles. The van der Waals surface area contributed by atoms with Gasteiger partial charge in [-0.15, -0.1) is 0 Å². The maximum absolute atomic E-state index is 14.0. The summed E-state index contributed by atoms with van der Waals surface area (Å²) in [4.78, 5) is 12.4. The molecule has 5 heteroatoms. The summed E-state index contributed by atoms with van der Waals surface area (Å²) in [6.45, 7) is 2.31. The molecule has 4 aromatic rings. The Balaban J connectivity index is 1.35. The normalized spacial score (nSPS) is 16.6. The van der Waals surface area contributed by atoms with Gasteiger partial charge in [0.2, 0.25) is 0 Å². The molecule has 1 N–H and O–H groups in total. The van der Waals surface area contributed by atoms with Gasteiger partial charge in [0, 0.05) is 11.5 Å². The van der Waals surface area contributed by atoms with Crippen LogP contribution in [0, 0.1) is 11.7 Å². The summed E-state index contributed by atoms with van der Waals surface area (Å²) in [6.07, 6.45) is -0.0254. The molecule has 0 bridgehead atoms. The van der Waals surface area contributed by atoms with Crippen molar-refractivity contribution >= 4 is 5.97 Å². The molecule has 4 aromatic carbocycles. The van der Waals surface area contributed by atoms with E-state index >= 15 is 0 Å². The minimum Gasteiger partial charge on any atom is -0.493 e. The highest BCUT2D eigenvalue weighted by Crippen LogP contribution is 2.40. The summed E-state index contributed by atoms with van der Waals surface area (Å²) in [6, 6.07) is 27.9. The zero-order valence-electron chi connectivity index (χ0n) is 20.0. The van der Waals surface area contributed by atoms with E-state index in [1.807, 2.05) is 18.2 Å². The molecule has 0 saturated heterocycles. The highest BCUT2D eigenvalue weighted by atomic mass is 19.1. The molecule has 2 atom stereocenters. The summed E-state index contributed by atoms with van der Waals surface area (Å²) in [5, 5.41) is 11.1. The molecule has 0 aromatic heterocycles. The number of aliphatic hydroxyl groups excluding tert-OH is 1. The number of hydrogen-bond acceptors (Lipinski definition) is 4. The number of ether oxygens (including phenoxy) is 2. The third kappa shape index (κ3) is 4.88. The second-order valence-corrected chi connectivity index (χ2v) is 8.95. The van der Waals surface area contributed by atoms with Crippen molar-refractivity contribution in [2.24, 2.45) is 5.92 Å². The van der Waals surface area contributed by atoms with Gasteiger partial charge in [0.15, 0.2) is 0 Å². The maximum atomic E-state index is 14.0. The third-order valence-electron chi connectivity index (χ3n) is 6.58. The van der Waals surface area contributed by atoms with Gasteiger partial charge >= 0.3 is 5.97 Å². The third-order valence-corrected chi connectivity index (χ3v) is 6.58. The van der Waals surface area contributed by atoms with E-state index in [1.165, 1.54) is 23.8 Å². The lowest BCUT2D eigenvalue weighted by molar-refractivity contribution is 0.0506. The Kier molecular flexibility index (Phi) is 6.83. The van der Waals surface area contributed by atoms with Gasteiger partial charge in [0.1, 0.15) is 11.6 Å². The number of esters is 1. The van der Waals surface area contributed by atoms with Crippen LogP contribution in [0.5, 0.6) is 5.75 Å². The van der Waals surface area contributed by atoms with Gasteiger partial charge in [-0.25, -0.2) is 9.18 Å². The van der Waals surface area contributed by atoms with Crippen molar-refractivity contribution in [2.45, 2.75) is 19.4 Å². The maximum Gasteiger partial charge on any atom is 0.338 e. The second-order valence-electron chi connectivity index (χ2n) is 8.95. The topological polar surface area (TPSA) is 55.8 Å². The predicted octanol–water partition coefficient (Wildman–Crippen LogP) is 6.62. The first-order chi connectivity index (χ1) is 17.5. The molecule has 5 rings (SSSR count). The molecule has 182 valence electrons. The fraction of sp³-hybridized carbons (Fsp3) is 0.194. The first-order valence-electron chi connectivity index (χ1n) is 12.1. The number of hydrogen-bond donors (Lipinski definition) is 1. The Bertz CT molecular complexity index is 1370. The SMILES string of the molecule is CCOC(=O)c1ccc(F)cc1-c1ccc2c(c1)OCC(Cc1ccc(-c3ccccc3)cc1)C2O. The van der Waals surface area contributed by atoms with Crippen molar-refractivity contribution in [3.63, 3.8) is 0 Å². The molecular weight excluding hydrogens is 455 g/mol. The number of aliphatic hydroxyl groups is 1. The number of carbonyl (C=O) groups excluding carboxylic acids is 1. The summed E-state index contributed by atoms with van der Waals surface area (Å²) in [7, 11) is 0. The largest absolute Gasteiger partial charge is 0.493 e. The van der Waals surface area contributed by atoms with E-state index in [2.05, 4.69) is 36.4 Å². The van der Waals surface area contributed by atoms with Gasteiger partial charge in [-0.2, -0.15) is 0 Å². The summed E-state index contributed by atoms with van der Waals surface area (Å²) < 4.78 is 25.2. The van der Waals surface area contributed by atoms with Gasteiger partial charge < -0.3 is 14.6 Å². The molecule has 0 amide bonds. The van der Waals surface area contributed by atoms with Crippen LogP contribution in [0.4, 0.5) is 4.39 Å². The van der Waals surface area contributed by atoms with Crippen molar-refractivity contribution in [1.29, 1.82) is 0 Å². The average Bonchev–Trinajstić information content (AvgIpc) is 2.91. The molecule has 0 saturated carbocycles. The first kappa shape index (κ1) is 23.8. The van der Waals surface area contributed by atoms with Crippen LogP contribution < -0.4 is 4.74 Å². The monoisotopic (exact) mass is 482 g/mol. The molecule has 36 heavy (non-hydrogen) atoms. The van der Waals surface area contributed by atoms with Crippen molar-refractivity contribution in [1.82, 2.24) is 0 Å². The summed E-state index contributed by atoms with van der Waals surface area (Å²) in [5.41, 5.74) is 5.46. The van der Waals surface area contributed by atoms with E-state index in [-0.39, 0.29) is 18.1 Å². The van der Waals surface area contributed by atoms with Crippen molar-refractivity contribution in [3.8, 4) is 28.0 Å². The Hall–Kier alpha value is -3.96. The molecule has 1 aliphatic heterocycles. The van der Waals surface area contributed by atoms with E-state index in [4.69, 9.17) is 9.47 Å². The minimum absolute atomic E-state index is 0.102. The van der Waals surface area contributed by atoms with Gasteiger partial charge in [-0.3, -0.25) is 0 Å². The van der Waals surface area contributed by atoms with Crippen molar-refractivity contribution in [2.75, 3.05) is 13.2 Å². The minimum atomic E-state index is -0.700. The van der Waals surface area contributed by atoms with Crippen LogP contribution in [0.1, 0.15) is 34.5 Å². The van der Waals surface area contributed by atoms with E-state index in [1.54, 1.807) is 25.1 Å². The number of halogens is 1. The van der Waals surface area contributed by atoms with Crippen LogP contribution in [0.25, 0.3) is 22.3 Å². The number of carbonyl (C=O) groups is 1. The fourth-order valence-corrected chi connectivity index (χ4v) is 4.69. The molecule has 1 aliphatic rings. The second kappa shape index (κ2) is 10.3. The van der Waals surface area contributed by atoms with E-state index in [0.29, 0.717) is 35.5 Å². The van der Waals surface area contributed by atoms with E-state index < -0.39 is 17.9 Å².